The van der Waals surface area contributed by atoms with Crippen LogP contribution in [-0.2, 0) is 0 Å². The van der Waals surface area contributed by atoms with Crippen LogP contribution in [0.25, 0.3) is 0 Å². The summed E-state index contributed by atoms with van der Waals surface area (Å²) in [5.74, 6) is 1.49. The van der Waals surface area contributed by atoms with Gasteiger partial charge in [0.05, 0.1) is 6.10 Å². The van der Waals surface area contributed by atoms with Crippen molar-refractivity contribution >= 4 is 0 Å². The van der Waals surface area contributed by atoms with Crippen molar-refractivity contribution in [3.63, 3.8) is 0 Å². The van der Waals surface area contributed by atoms with Gasteiger partial charge in [-0.3, -0.25) is 4.90 Å². The molecule has 118 valence electrons. The van der Waals surface area contributed by atoms with Crippen molar-refractivity contribution < 1.29 is 14.6 Å². The molecule has 0 fully saturated rings. The number of hydrogen-bond acceptors (Lipinski definition) is 4. The Morgan fingerprint density at radius 2 is 2.00 bits per heavy atom. The largest absolute Gasteiger partial charge is 0.454 e. The molecule has 1 aromatic carbocycles. The van der Waals surface area contributed by atoms with Gasteiger partial charge in [-0.2, -0.15) is 0 Å². The van der Waals surface area contributed by atoms with Crippen LogP contribution in [0.5, 0.6) is 11.5 Å². The zero-order valence-electron chi connectivity index (χ0n) is 13.3. The Bertz CT molecular complexity index is 450. The molecule has 1 aliphatic heterocycles. The Labute approximate surface area is 127 Å². The fourth-order valence-corrected chi connectivity index (χ4v) is 2.56. The average Bonchev–Trinajstić information content (AvgIpc) is 2.97. The van der Waals surface area contributed by atoms with E-state index < -0.39 is 6.10 Å². The molecule has 0 amide bonds. The minimum atomic E-state index is -0.495. The number of hydrogen-bond donors (Lipinski definition) is 1. The maximum atomic E-state index is 10.5. The van der Waals surface area contributed by atoms with E-state index >= 15 is 0 Å². The smallest absolute Gasteiger partial charge is 0.231 e. The Hall–Kier alpha value is -1.26. The van der Waals surface area contributed by atoms with E-state index in [4.69, 9.17) is 9.47 Å². The third-order valence-electron chi connectivity index (χ3n) is 4.20. The number of aliphatic hydroxyl groups is 1. The van der Waals surface area contributed by atoms with Gasteiger partial charge in [-0.1, -0.05) is 26.3 Å². The highest BCUT2D eigenvalue weighted by atomic mass is 16.7. The lowest BCUT2D eigenvalue weighted by Crippen LogP contribution is -2.36. The van der Waals surface area contributed by atoms with Crippen LogP contribution in [0.15, 0.2) is 18.2 Å². The van der Waals surface area contributed by atoms with Crippen molar-refractivity contribution in [2.24, 2.45) is 0 Å². The van der Waals surface area contributed by atoms with E-state index in [1.807, 2.05) is 18.2 Å². The molecule has 1 heterocycles. The summed E-state index contributed by atoms with van der Waals surface area (Å²) in [5.41, 5.74) is 0.893. The molecule has 1 N–H and O–H groups in total. The van der Waals surface area contributed by atoms with Crippen LogP contribution in [-0.4, -0.2) is 35.9 Å². The number of aliphatic hydroxyl groups excluding tert-OH is 1. The van der Waals surface area contributed by atoms with Crippen LogP contribution in [0.1, 0.15) is 51.7 Å². The fraction of sp³-hybridized carbons (Fsp3) is 0.647. The second-order valence-corrected chi connectivity index (χ2v) is 5.73. The van der Waals surface area contributed by atoms with E-state index in [9.17, 15) is 5.11 Å². The van der Waals surface area contributed by atoms with Gasteiger partial charge >= 0.3 is 0 Å². The maximum absolute atomic E-state index is 10.5. The maximum Gasteiger partial charge on any atom is 0.231 e. The predicted molar refractivity (Wildman–Crippen MR) is 83.8 cm³/mol. The molecule has 0 aromatic heterocycles. The monoisotopic (exact) mass is 293 g/mol. The zero-order valence-corrected chi connectivity index (χ0v) is 13.3. The van der Waals surface area contributed by atoms with Crippen molar-refractivity contribution in [3.8, 4) is 11.5 Å². The van der Waals surface area contributed by atoms with Gasteiger partial charge in [0.1, 0.15) is 0 Å². The van der Waals surface area contributed by atoms with Gasteiger partial charge in [-0.05, 0) is 44.0 Å². The van der Waals surface area contributed by atoms with Crippen molar-refractivity contribution in [1.29, 1.82) is 0 Å². The second kappa shape index (κ2) is 7.66. The minimum Gasteiger partial charge on any atom is -0.454 e. The molecule has 2 atom stereocenters. The second-order valence-electron chi connectivity index (χ2n) is 5.73. The highest BCUT2D eigenvalue weighted by Crippen LogP contribution is 2.34. The lowest BCUT2D eigenvalue weighted by Gasteiger charge is -2.30. The lowest BCUT2D eigenvalue weighted by molar-refractivity contribution is 0.0885. The van der Waals surface area contributed by atoms with E-state index in [1.54, 1.807) is 0 Å². The molecule has 4 nitrogen and oxygen atoms in total. The lowest BCUT2D eigenvalue weighted by atomic mass is 10.1. The number of ether oxygens (including phenoxy) is 2. The van der Waals surface area contributed by atoms with Gasteiger partial charge in [0, 0.05) is 12.6 Å². The first kappa shape index (κ1) is 16.1. The normalized spacial score (nSPS) is 16.2. The summed E-state index contributed by atoms with van der Waals surface area (Å²) < 4.78 is 10.7. The van der Waals surface area contributed by atoms with Gasteiger partial charge in [0.25, 0.3) is 0 Å². The molecule has 1 aromatic rings. The Morgan fingerprint density at radius 1 is 1.24 bits per heavy atom. The van der Waals surface area contributed by atoms with Gasteiger partial charge in [-0.15, -0.1) is 0 Å². The van der Waals surface area contributed by atoms with E-state index in [-0.39, 0.29) is 6.79 Å². The van der Waals surface area contributed by atoms with E-state index in [1.165, 1.54) is 6.42 Å². The summed E-state index contributed by atoms with van der Waals surface area (Å²) in [6.45, 7) is 8.58. The van der Waals surface area contributed by atoms with Crippen LogP contribution in [0.2, 0.25) is 0 Å². The fourth-order valence-electron chi connectivity index (χ4n) is 2.56. The Kier molecular flexibility index (Phi) is 5.88. The van der Waals surface area contributed by atoms with E-state index in [0.717, 1.165) is 36.4 Å². The van der Waals surface area contributed by atoms with Crippen LogP contribution < -0.4 is 9.47 Å². The first-order chi connectivity index (χ1) is 10.2. The van der Waals surface area contributed by atoms with Crippen LogP contribution in [0, 0.1) is 0 Å². The van der Waals surface area contributed by atoms with Crippen LogP contribution >= 0.6 is 0 Å². The number of fused-ring (bicyclic) bond motifs is 1. The highest BCUT2D eigenvalue weighted by Gasteiger charge is 2.20. The molecule has 21 heavy (non-hydrogen) atoms. The minimum absolute atomic E-state index is 0.268. The summed E-state index contributed by atoms with van der Waals surface area (Å²) in [4.78, 5) is 2.37. The molecular weight excluding hydrogens is 266 g/mol. The SMILES string of the molecule is CCCCN(CC(O)c1ccc2c(c1)OCO2)C(C)CC. The van der Waals surface area contributed by atoms with Crippen molar-refractivity contribution in [3.05, 3.63) is 23.8 Å². The summed E-state index contributed by atoms with van der Waals surface area (Å²) >= 11 is 0. The summed E-state index contributed by atoms with van der Waals surface area (Å²) in [6.07, 6.45) is 2.94. The third-order valence-corrected chi connectivity index (χ3v) is 4.20. The first-order valence-corrected chi connectivity index (χ1v) is 7.97. The summed E-state index contributed by atoms with van der Waals surface area (Å²) in [7, 11) is 0. The molecular formula is C17H27NO3. The molecule has 4 heteroatoms. The van der Waals surface area contributed by atoms with Gasteiger partial charge < -0.3 is 14.6 Å². The standard InChI is InChI=1S/C17H27NO3/c1-4-6-9-18(13(3)5-2)11-15(19)14-7-8-16-17(10-14)21-12-20-16/h7-8,10,13,15,19H,4-6,9,11-12H2,1-3H3. The first-order valence-electron chi connectivity index (χ1n) is 7.97. The predicted octanol–water partition coefficient (Wildman–Crippen LogP) is 3.35. The molecule has 2 rings (SSSR count). The van der Waals surface area contributed by atoms with Crippen LogP contribution in [0.3, 0.4) is 0 Å². The number of benzene rings is 1. The Morgan fingerprint density at radius 3 is 2.71 bits per heavy atom. The number of rotatable bonds is 8. The average molecular weight is 293 g/mol. The molecule has 0 saturated carbocycles. The zero-order chi connectivity index (χ0) is 15.2. The molecule has 0 aliphatic carbocycles. The Balaban J connectivity index is 2.02. The quantitative estimate of drug-likeness (QED) is 0.798. The van der Waals surface area contributed by atoms with Gasteiger partial charge in [-0.25, -0.2) is 0 Å². The molecule has 0 spiro atoms. The van der Waals surface area contributed by atoms with Crippen molar-refractivity contribution in [2.75, 3.05) is 19.9 Å². The van der Waals surface area contributed by atoms with Crippen molar-refractivity contribution in [2.45, 2.75) is 52.2 Å². The summed E-state index contributed by atoms with van der Waals surface area (Å²) in [6, 6.07) is 6.18. The van der Waals surface area contributed by atoms with Gasteiger partial charge in [0.2, 0.25) is 6.79 Å². The number of unbranched alkanes of at least 4 members (excludes halogenated alkanes) is 1. The molecule has 2 unspecified atom stereocenters. The van der Waals surface area contributed by atoms with E-state index in [0.29, 0.717) is 12.6 Å². The van der Waals surface area contributed by atoms with Crippen molar-refractivity contribution in [1.82, 2.24) is 4.90 Å². The molecule has 0 saturated heterocycles. The highest BCUT2D eigenvalue weighted by molar-refractivity contribution is 5.45. The third kappa shape index (κ3) is 4.11. The van der Waals surface area contributed by atoms with E-state index in [2.05, 4.69) is 25.7 Å². The molecule has 0 radical (unpaired) electrons. The van der Waals surface area contributed by atoms with Crippen LogP contribution in [0.4, 0.5) is 0 Å². The summed E-state index contributed by atoms with van der Waals surface area (Å²) in [5, 5.41) is 10.5. The molecule has 1 aliphatic rings. The van der Waals surface area contributed by atoms with Gasteiger partial charge in [0.15, 0.2) is 11.5 Å². The topological polar surface area (TPSA) is 41.9 Å². The number of nitrogens with zero attached hydrogens (tertiary/aromatic N) is 1. The molecule has 0 bridgehead atoms.